The van der Waals surface area contributed by atoms with Gasteiger partial charge in [-0.15, -0.1) is 6.58 Å². The second-order valence-corrected chi connectivity index (χ2v) is 7.28. The van der Waals surface area contributed by atoms with Gasteiger partial charge in [0, 0.05) is 19.3 Å². The van der Waals surface area contributed by atoms with Gasteiger partial charge in [-0.25, -0.2) is 18.7 Å². The first-order valence-corrected chi connectivity index (χ1v) is 9.96. The predicted octanol–water partition coefficient (Wildman–Crippen LogP) is 1.46. The van der Waals surface area contributed by atoms with Gasteiger partial charge in [-0.3, -0.25) is 0 Å². The number of anilines is 3. The number of nitrogens with zero attached hydrogens (tertiary/aromatic N) is 7. The summed E-state index contributed by atoms with van der Waals surface area (Å²) in [6, 6.07) is -0.148. The average Bonchev–Trinajstić information content (AvgIpc) is 2.79. The summed E-state index contributed by atoms with van der Waals surface area (Å²) in [5.74, 6) is 0.546. The fourth-order valence-corrected chi connectivity index (χ4v) is 3.57. The van der Waals surface area contributed by atoms with E-state index in [1.54, 1.807) is 6.08 Å². The van der Waals surface area contributed by atoms with Gasteiger partial charge in [0.05, 0.1) is 44.1 Å². The molecule has 0 aliphatic carbocycles. The monoisotopic (exact) mass is 434 g/mol. The lowest BCUT2D eigenvalue weighted by Crippen LogP contribution is -2.47. The maximum absolute atomic E-state index is 13.7. The molecule has 0 spiro atoms. The molecule has 0 bridgehead atoms. The molecule has 2 aliphatic rings. The molecule has 0 saturated carbocycles. The summed E-state index contributed by atoms with van der Waals surface area (Å²) in [6.45, 7) is 8.88. The number of nitrogen functional groups attached to an aromatic ring is 1. The van der Waals surface area contributed by atoms with E-state index in [4.69, 9.17) is 15.2 Å². The lowest BCUT2D eigenvalue weighted by molar-refractivity contribution is 0.0979. The standard InChI is InChI=1S/C19H24F2N8O2/c1-3-12-10-31-7-5-29(12)19-26-16(13-8-23-17(22)24-14(13)15(20)21)25-18(27-19)28-4-6-30-9-11(28)2/h3,8,11-12,15H,1,4-7,9-10H2,2H3,(H2,22,23,24)/t11-,12-/m0/s1. The number of hydrogen-bond donors (Lipinski definition) is 1. The molecule has 0 amide bonds. The zero-order valence-corrected chi connectivity index (χ0v) is 17.1. The molecule has 31 heavy (non-hydrogen) atoms. The van der Waals surface area contributed by atoms with Crippen molar-refractivity contribution in [2.24, 2.45) is 0 Å². The molecule has 2 atom stereocenters. The molecule has 2 aromatic rings. The third-order valence-corrected chi connectivity index (χ3v) is 5.22. The van der Waals surface area contributed by atoms with Crippen molar-refractivity contribution in [3.63, 3.8) is 0 Å². The van der Waals surface area contributed by atoms with E-state index in [0.29, 0.717) is 51.4 Å². The minimum Gasteiger partial charge on any atom is -0.377 e. The van der Waals surface area contributed by atoms with Gasteiger partial charge in [-0.1, -0.05) is 6.08 Å². The topological polar surface area (TPSA) is 115 Å². The van der Waals surface area contributed by atoms with Crippen LogP contribution in [0.2, 0.25) is 0 Å². The Labute approximate surface area is 178 Å². The number of morpholine rings is 2. The normalized spacial score (nSPS) is 22.1. The van der Waals surface area contributed by atoms with Gasteiger partial charge in [0.25, 0.3) is 6.43 Å². The van der Waals surface area contributed by atoms with Crippen LogP contribution >= 0.6 is 0 Å². The highest BCUT2D eigenvalue weighted by Gasteiger charge is 2.29. The number of halogens is 2. The summed E-state index contributed by atoms with van der Waals surface area (Å²) in [7, 11) is 0. The second-order valence-electron chi connectivity index (χ2n) is 7.28. The molecule has 2 N–H and O–H groups in total. The number of alkyl halides is 2. The highest BCUT2D eigenvalue weighted by Crippen LogP contribution is 2.30. The van der Waals surface area contributed by atoms with E-state index in [-0.39, 0.29) is 29.4 Å². The number of ether oxygens (including phenoxy) is 2. The summed E-state index contributed by atoms with van der Waals surface area (Å²) in [4.78, 5) is 25.2. The first-order chi connectivity index (χ1) is 15.0. The fourth-order valence-electron chi connectivity index (χ4n) is 3.57. The van der Waals surface area contributed by atoms with Gasteiger partial charge in [0.2, 0.25) is 17.8 Å². The first-order valence-electron chi connectivity index (χ1n) is 9.96. The Morgan fingerprint density at radius 3 is 2.45 bits per heavy atom. The molecule has 0 aromatic carbocycles. The number of hydrogen-bond acceptors (Lipinski definition) is 10. The fraction of sp³-hybridized carbons (Fsp3) is 0.526. The van der Waals surface area contributed by atoms with Gasteiger partial charge < -0.3 is 25.0 Å². The predicted molar refractivity (Wildman–Crippen MR) is 110 cm³/mol. The van der Waals surface area contributed by atoms with Gasteiger partial charge in [0.15, 0.2) is 5.82 Å². The van der Waals surface area contributed by atoms with E-state index in [9.17, 15) is 8.78 Å². The largest absolute Gasteiger partial charge is 0.377 e. The average molecular weight is 434 g/mol. The molecule has 166 valence electrons. The van der Waals surface area contributed by atoms with Crippen molar-refractivity contribution >= 4 is 17.8 Å². The Bertz CT molecular complexity index is 947. The van der Waals surface area contributed by atoms with E-state index in [0.717, 1.165) is 0 Å². The molecule has 12 heteroatoms. The molecule has 4 heterocycles. The molecule has 2 aliphatic heterocycles. The van der Waals surface area contributed by atoms with E-state index in [1.165, 1.54) is 6.20 Å². The van der Waals surface area contributed by atoms with Crippen molar-refractivity contribution in [3.8, 4) is 11.4 Å². The highest BCUT2D eigenvalue weighted by atomic mass is 19.3. The molecular formula is C19H24F2N8O2. The van der Waals surface area contributed by atoms with Crippen LogP contribution < -0.4 is 15.5 Å². The van der Waals surface area contributed by atoms with Gasteiger partial charge in [0.1, 0.15) is 5.69 Å². The van der Waals surface area contributed by atoms with Gasteiger partial charge in [-0.2, -0.15) is 15.0 Å². The van der Waals surface area contributed by atoms with Crippen molar-refractivity contribution < 1.29 is 18.3 Å². The van der Waals surface area contributed by atoms with Crippen LogP contribution in [0.4, 0.5) is 26.6 Å². The third kappa shape index (κ3) is 4.39. The maximum atomic E-state index is 13.7. The highest BCUT2D eigenvalue weighted by molar-refractivity contribution is 5.62. The van der Waals surface area contributed by atoms with Crippen molar-refractivity contribution in [1.29, 1.82) is 0 Å². The first kappa shape index (κ1) is 21.2. The summed E-state index contributed by atoms with van der Waals surface area (Å²) >= 11 is 0. The summed E-state index contributed by atoms with van der Waals surface area (Å²) in [5, 5.41) is 0. The molecular weight excluding hydrogens is 410 g/mol. The zero-order chi connectivity index (χ0) is 22.0. The molecule has 0 radical (unpaired) electrons. The van der Waals surface area contributed by atoms with E-state index in [2.05, 4.69) is 31.5 Å². The van der Waals surface area contributed by atoms with Crippen molar-refractivity contribution in [1.82, 2.24) is 24.9 Å². The quantitative estimate of drug-likeness (QED) is 0.694. The Balaban J connectivity index is 1.85. The minimum atomic E-state index is -2.87. The summed E-state index contributed by atoms with van der Waals surface area (Å²) in [5.41, 5.74) is 5.02. The van der Waals surface area contributed by atoms with Crippen molar-refractivity contribution in [2.75, 3.05) is 55.1 Å². The van der Waals surface area contributed by atoms with E-state index < -0.39 is 12.1 Å². The minimum absolute atomic E-state index is 0.00831. The Morgan fingerprint density at radius 2 is 1.77 bits per heavy atom. The lowest BCUT2D eigenvalue weighted by Gasteiger charge is -2.36. The van der Waals surface area contributed by atoms with Gasteiger partial charge in [-0.05, 0) is 6.92 Å². The second kappa shape index (κ2) is 9.02. The molecule has 0 unspecified atom stereocenters. The Kier molecular flexibility index (Phi) is 6.18. The summed E-state index contributed by atoms with van der Waals surface area (Å²) in [6.07, 6.45) is 0.103. The van der Waals surface area contributed by atoms with Crippen LogP contribution in [0.3, 0.4) is 0 Å². The lowest BCUT2D eigenvalue weighted by atomic mass is 10.2. The van der Waals surface area contributed by atoms with E-state index in [1.807, 2.05) is 16.7 Å². The smallest absolute Gasteiger partial charge is 0.281 e. The summed E-state index contributed by atoms with van der Waals surface area (Å²) < 4.78 is 38.4. The Morgan fingerprint density at radius 1 is 1.10 bits per heavy atom. The Hall–Kier alpha value is -2.99. The van der Waals surface area contributed by atoms with Gasteiger partial charge >= 0.3 is 0 Å². The number of aromatic nitrogens is 5. The molecule has 2 fully saturated rings. The van der Waals surface area contributed by atoms with E-state index >= 15 is 0 Å². The van der Waals surface area contributed by atoms with Crippen LogP contribution in [0.1, 0.15) is 19.0 Å². The van der Waals surface area contributed by atoms with Crippen LogP contribution in [-0.4, -0.2) is 76.5 Å². The van der Waals surface area contributed by atoms with Crippen LogP contribution in [0.5, 0.6) is 0 Å². The molecule has 10 nitrogen and oxygen atoms in total. The molecule has 2 saturated heterocycles. The zero-order valence-electron chi connectivity index (χ0n) is 17.1. The van der Waals surface area contributed by atoms with Crippen molar-refractivity contribution in [2.45, 2.75) is 25.4 Å². The SMILES string of the molecule is C=C[C@H]1COCCN1c1nc(-c2cnc(N)nc2C(F)F)nc(N2CCOC[C@@H]2C)n1. The maximum Gasteiger partial charge on any atom is 0.281 e. The molecule has 2 aromatic heterocycles. The van der Waals surface area contributed by atoms with Crippen LogP contribution in [-0.2, 0) is 9.47 Å². The van der Waals surface area contributed by atoms with Crippen molar-refractivity contribution in [3.05, 3.63) is 24.5 Å². The molecule has 4 rings (SSSR count). The van der Waals surface area contributed by atoms with Crippen LogP contribution in [0.15, 0.2) is 18.9 Å². The van der Waals surface area contributed by atoms with Crippen LogP contribution in [0.25, 0.3) is 11.4 Å². The van der Waals surface area contributed by atoms with Crippen LogP contribution in [0, 0.1) is 0 Å². The number of rotatable bonds is 5. The third-order valence-electron chi connectivity index (χ3n) is 5.22. The number of nitrogens with two attached hydrogens (primary N) is 1.